The van der Waals surface area contributed by atoms with Crippen molar-refractivity contribution in [1.29, 1.82) is 0 Å². The summed E-state index contributed by atoms with van der Waals surface area (Å²) in [5.74, 6) is 0.428. The molecule has 6 heteroatoms. The van der Waals surface area contributed by atoms with Crippen LogP contribution in [-0.2, 0) is 16.1 Å². The maximum Gasteiger partial charge on any atom is 0.344 e. The van der Waals surface area contributed by atoms with E-state index < -0.39 is 5.97 Å². The van der Waals surface area contributed by atoms with Crippen molar-refractivity contribution >= 4 is 11.8 Å². The Labute approximate surface area is 150 Å². The fourth-order valence-electron chi connectivity index (χ4n) is 2.26. The predicted octanol–water partition coefficient (Wildman–Crippen LogP) is 3.67. The first kappa shape index (κ1) is 17.4. The van der Waals surface area contributed by atoms with E-state index in [0.717, 1.165) is 5.56 Å². The second-order valence-electron chi connectivity index (χ2n) is 5.58. The Hall–Kier alpha value is -3.41. The minimum atomic E-state index is -0.539. The molecule has 2 aromatic carbocycles. The molecule has 0 spiro atoms. The van der Waals surface area contributed by atoms with Crippen LogP contribution in [0.3, 0.4) is 0 Å². The Morgan fingerprint density at radius 2 is 1.85 bits per heavy atom. The van der Waals surface area contributed by atoms with Crippen LogP contribution in [0, 0.1) is 0 Å². The molecule has 26 heavy (non-hydrogen) atoms. The SMILES string of the molecule is CC(=O)c1cccc(OCC(=O)OCc2cc(-c3ccccc3)on2)c1. The molecule has 0 fully saturated rings. The van der Waals surface area contributed by atoms with Crippen LogP contribution in [0.4, 0.5) is 0 Å². The van der Waals surface area contributed by atoms with Gasteiger partial charge in [-0.1, -0.05) is 47.6 Å². The molecule has 0 N–H and O–H groups in total. The zero-order chi connectivity index (χ0) is 18.4. The molecule has 3 rings (SSSR count). The Bertz CT molecular complexity index is 901. The molecule has 0 aliphatic carbocycles. The summed E-state index contributed by atoms with van der Waals surface area (Å²) in [7, 11) is 0. The van der Waals surface area contributed by atoms with Gasteiger partial charge in [0.1, 0.15) is 18.1 Å². The summed E-state index contributed by atoms with van der Waals surface area (Å²) in [5, 5.41) is 3.88. The minimum absolute atomic E-state index is 0.00792. The molecule has 6 nitrogen and oxygen atoms in total. The van der Waals surface area contributed by atoms with Crippen LogP contribution in [0.1, 0.15) is 23.0 Å². The number of benzene rings is 2. The van der Waals surface area contributed by atoms with Gasteiger partial charge in [-0.3, -0.25) is 4.79 Å². The molecule has 0 unspecified atom stereocenters. The number of carbonyl (C=O) groups is 2. The largest absolute Gasteiger partial charge is 0.482 e. The minimum Gasteiger partial charge on any atom is -0.482 e. The number of esters is 1. The van der Waals surface area contributed by atoms with E-state index in [1.165, 1.54) is 6.92 Å². The summed E-state index contributed by atoms with van der Waals surface area (Å²) in [6.45, 7) is 1.20. The number of rotatable bonds is 7. The molecule has 0 aliphatic heterocycles. The second-order valence-corrected chi connectivity index (χ2v) is 5.58. The van der Waals surface area contributed by atoms with Crippen molar-refractivity contribution in [2.45, 2.75) is 13.5 Å². The van der Waals surface area contributed by atoms with Gasteiger partial charge in [0, 0.05) is 17.2 Å². The number of ketones is 1. The zero-order valence-corrected chi connectivity index (χ0v) is 14.2. The van der Waals surface area contributed by atoms with Crippen molar-refractivity contribution in [1.82, 2.24) is 5.16 Å². The Morgan fingerprint density at radius 3 is 2.62 bits per heavy atom. The third-order valence-electron chi connectivity index (χ3n) is 3.60. The van der Waals surface area contributed by atoms with E-state index >= 15 is 0 Å². The average molecular weight is 351 g/mol. The first-order valence-electron chi connectivity index (χ1n) is 8.02. The molecule has 0 radical (unpaired) electrons. The van der Waals surface area contributed by atoms with Gasteiger partial charge in [0.05, 0.1) is 0 Å². The number of nitrogens with zero attached hydrogens (tertiary/aromatic N) is 1. The van der Waals surface area contributed by atoms with E-state index in [1.807, 2.05) is 30.3 Å². The zero-order valence-electron chi connectivity index (χ0n) is 14.2. The summed E-state index contributed by atoms with van der Waals surface area (Å²) >= 11 is 0. The molecule has 0 saturated heterocycles. The lowest BCUT2D eigenvalue weighted by Gasteiger charge is -2.06. The highest BCUT2D eigenvalue weighted by Crippen LogP contribution is 2.20. The highest BCUT2D eigenvalue weighted by molar-refractivity contribution is 5.94. The van der Waals surface area contributed by atoms with Crippen molar-refractivity contribution in [2.24, 2.45) is 0 Å². The lowest BCUT2D eigenvalue weighted by Crippen LogP contribution is -2.15. The number of aromatic nitrogens is 1. The van der Waals surface area contributed by atoms with Gasteiger partial charge in [-0.25, -0.2) is 4.79 Å². The molecule has 0 saturated carbocycles. The molecule has 0 bridgehead atoms. The quantitative estimate of drug-likeness (QED) is 0.477. The maximum absolute atomic E-state index is 11.8. The van der Waals surface area contributed by atoms with Gasteiger partial charge in [0.25, 0.3) is 0 Å². The molecule has 1 heterocycles. The van der Waals surface area contributed by atoms with Gasteiger partial charge in [0.15, 0.2) is 18.2 Å². The first-order chi connectivity index (χ1) is 12.6. The molecule has 3 aromatic rings. The summed E-state index contributed by atoms with van der Waals surface area (Å²) < 4.78 is 15.7. The number of hydrogen-bond acceptors (Lipinski definition) is 6. The van der Waals surface area contributed by atoms with E-state index in [1.54, 1.807) is 30.3 Å². The second kappa shape index (κ2) is 8.11. The van der Waals surface area contributed by atoms with Gasteiger partial charge in [-0.05, 0) is 19.1 Å². The van der Waals surface area contributed by atoms with E-state index in [4.69, 9.17) is 14.0 Å². The molecular weight excluding hydrogens is 334 g/mol. The number of ether oxygens (including phenoxy) is 2. The summed E-state index contributed by atoms with van der Waals surface area (Å²) in [6.07, 6.45) is 0. The standard InChI is InChI=1S/C20H17NO5/c1-14(22)16-8-5-9-18(10-16)24-13-20(23)25-12-17-11-19(26-21-17)15-6-3-2-4-7-15/h2-11H,12-13H2,1H3. The van der Waals surface area contributed by atoms with Gasteiger partial charge in [0.2, 0.25) is 0 Å². The number of hydrogen-bond donors (Lipinski definition) is 0. The highest BCUT2D eigenvalue weighted by atomic mass is 16.6. The van der Waals surface area contributed by atoms with Crippen molar-refractivity contribution < 1.29 is 23.6 Å². The van der Waals surface area contributed by atoms with Crippen molar-refractivity contribution in [3.63, 3.8) is 0 Å². The van der Waals surface area contributed by atoms with Crippen LogP contribution in [-0.4, -0.2) is 23.5 Å². The first-order valence-corrected chi connectivity index (χ1v) is 8.02. The topological polar surface area (TPSA) is 78.6 Å². The lowest BCUT2D eigenvalue weighted by molar-refractivity contribution is -0.147. The van der Waals surface area contributed by atoms with Gasteiger partial charge in [-0.2, -0.15) is 0 Å². The number of Topliss-reactive ketones (excluding diaryl/α,β-unsaturated/α-hetero) is 1. The molecule has 0 amide bonds. The molecule has 0 atom stereocenters. The smallest absolute Gasteiger partial charge is 0.344 e. The maximum atomic E-state index is 11.8. The van der Waals surface area contributed by atoms with Crippen LogP contribution in [0.15, 0.2) is 65.2 Å². The summed E-state index contributed by atoms with van der Waals surface area (Å²) in [4.78, 5) is 23.1. The fourth-order valence-corrected chi connectivity index (χ4v) is 2.26. The van der Waals surface area contributed by atoms with Crippen LogP contribution in [0.25, 0.3) is 11.3 Å². The third kappa shape index (κ3) is 4.57. The van der Waals surface area contributed by atoms with Crippen molar-refractivity contribution in [3.8, 4) is 17.1 Å². The normalized spacial score (nSPS) is 10.3. The van der Waals surface area contributed by atoms with Crippen LogP contribution >= 0.6 is 0 Å². The van der Waals surface area contributed by atoms with Crippen LogP contribution in [0.5, 0.6) is 5.75 Å². The van der Waals surface area contributed by atoms with Crippen LogP contribution < -0.4 is 4.74 Å². The average Bonchev–Trinajstić information content (AvgIpc) is 3.15. The Kier molecular flexibility index (Phi) is 5.43. The predicted molar refractivity (Wildman–Crippen MR) is 93.7 cm³/mol. The summed E-state index contributed by atoms with van der Waals surface area (Å²) in [6, 6.07) is 17.9. The molecule has 1 aromatic heterocycles. The number of carbonyl (C=O) groups excluding carboxylic acids is 2. The molecule has 132 valence electrons. The lowest BCUT2D eigenvalue weighted by atomic mass is 10.1. The van der Waals surface area contributed by atoms with E-state index in [9.17, 15) is 9.59 Å². The Balaban J connectivity index is 1.49. The molecule has 0 aliphatic rings. The van der Waals surface area contributed by atoms with E-state index in [0.29, 0.717) is 22.8 Å². The van der Waals surface area contributed by atoms with Gasteiger partial charge >= 0.3 is 5.97 Å². The van der Waals surface area contributed by atoms with Crippen molar-refractivity contribution in [2.75, 3.05) is 6.61 Å². The van der Waals surface area contributed by atoms with Crippen LogP contribution in [0.2, 0.25) is 0 Å². The Morgan fingerprint density at radius 1 is 1.04 bits per heavy atom. The van der Waals surface area contributed by atoms with Gasteiger partial charge < -0.3 is 14.0 Å². The summed E-state index contributed by atoms with van der Waals surface area (Å²) in [5.41, 5.74) is 1.92. The van der Waals surface area contributed by atoms with Crippen molar-refractivity contribution in [3.05, 3.63) is 71.9 Å². The monoisotopic (exact) mass is 351 g/mol. The highest BCUT2D eigenvalue weighted by Gasteiger charge is 2.10. The van der Waals surface area contributed by atoms with Gasteiger partial charge in [-0.15, -0.1) is 0 Å². The van der Waals surface area contributed by atoms with E-state index in [2.05, 4.69) is 5.16 Å². The van der Waals surface area contributed by atoms with E-state index in [-0.39, 0.29) is 19.0 Å². The fraction of sp³-hybridized carbons (Fsp3) is 0.150. The molecular formula is C20H17NO5. The third-order valence-corrected chi connectivity index (χ3v) is 3.60.